The number of aliphatic hydroxyl groups is 1. The maximum absolute atomic E-state index is 10.1. The zero-order valence-corrected chi connectivity index (χ0v) is 11.4. The van der Waals surface area contributed by atoms with Crippen LogP contribution in [-0.2, 0) is 0 Å². The third kappa shape index (κ3) is 3.54. The summed E-state index contributed by atoms with van der Waals surface area (Å²) in [5.74, 6) is 0. The molecule has 2 rings (SSSR count). The van der Waals surface area contributed by atoms with Gasteiger partial charge in [0.15, 0.2) is 0 Å². The van der Waals surface area contributed by atoms with Crippen LogP contribution in [0.25, 0.3) is 0 Å². The van der Waals surface area contributed by atoms with Crippen molar-refractivity contribution < 1.29 is 5.11 Å². The first-order chi connectivity index (χ1) is 8.31. The Morgan fingerprint density at radius 3 is 2.94 bits per heavy atom. The van der Waals surface area contributed by atoms with Gasteiger partial charge in [-0.3, -0.25) is 0 Å². The number of hydrogen-bond donors (Lipinski definition) is 2. The lowest BCUT2D eigenvalue weighted by Crippen LogP contribution is -2.40. The molecule has 1 saturated carbocycles. The Kier molecular flexibility index (Phi) is 5.01. The summed E-state index contributed by atoms with van der Waals surface area (Å²) in [7, 11) is 0. The van der Waals surface area contributed by atoms with E-state index in [-0.39, 0.29) is 12.1 Å². The highest BCUT2D eigenvalue weighted by Gasteiger charge is 2.24. The van der Waals surface area contributed by atoms with E-state index in [1.165, 1.54) is 24.1 Å². The van der Waals surface area contributed by atoms with Crippen molar-refractivity contribution in [1.82, 2.24) is 5.32 Å². The van der Waals surface area contributed by atoms with E-state index in [1.807, 2.05) is 0 Å². The highest BCUT2D eigenvalue weighted by Crippen LogP contribution is 2.25. The van der Waals surface area contributed by atoms with Crippen LogP contribution in [-0.4, -0.2) is 17.3 Å². The lowest BCUT2D eigenvalue weighted by atomic mass is 10.0. The smallest absolute Gasteiger partial charge is 0.0693 e. The van der Waals surface area contributed by atoms with Gasteiger partial charge >= 0.3 is 0 Å². The summed E-state index contributed by atoms with van der Waals surface area (Å²) in [6.45, 7) is 2.21. The van der Waals surface area contributed by atoms with Gasteiger partial charge < -0.3 is 10.4 Å². The van der Waals surface area contributed by atoms with Crippen LogP contribution >= 0.6 is 11.3 Å². The third-order valence-corrected chi connectivity index (χ3v) is 4.68. The van der Waals surface area contributed by atoms with E-state index < -0.39 is 0 Å². The molecule has 0 saturated heterocycles. The zero-order chi connectivity index (χ0) is 12.1. The van der Waals surface area contributed by atoms with E-state index in [1.54, 1.807) is 11.3 Å². The van der Waals surface area contributed by atoms with Crippen LogP contribution in [0.5, 0.6) is 0 Å². The molecule has 3 unspecified atom stereocenters. The number of thiophene rings is 1. The van der Waals surface area contributed by atoms with Crippen molar-refractivity contribution in [1.29, 1.82) is 0 Å². The quantitative estimate of drug-likeness (QED) is 0.805. The van der Waals surface area contributed by atoms with Crippen molar-refractivity contribution in [2.24, 2.45) is 0 Å². The van der Waals surface area contributed by atoms with E-state index in [4.69, 9.17) is 0 Å². The first-order valence-corrected chi connectivity index (χ1v) is 7.66. The summed E-state index contributed by atoms with van der Waals surface area (Å²) < 4.78 is 0. The molecule has 3 atom stereocenters. The fourth-order valence-electron chi connectivity index (χ4n) is 2.63. The molecule has 1 heterocycles. The van der Waals surface area contributed by atoms with Crippen molar-refractivity contribution in [3.63, 3.8) is 0 Å². The van der Waals surface area contributed by atoms with Crippen molar-refractivity contribution >= 4 is 11.3 Å². The molecule has 1 aliphatic rings. The maximum Gasteiger partial charge on any atom is 0.0693 e. The maximum atomic E-state index is 10.1. The van der Waals surface area contributed by atoms with Gasteiger partial charge in [0.1, 0.15) is 0 Å². The van der Waals surface area contributed by atoms with Crippen LogP contribution in [0, 0.1) is 0 Å². The number of hydrogen-bond acceptors (Lipinski definition) is 3. The highest BCUT2D eigenvalue weighted by molar-refractivity contribution is 7.10. The van der Waals surface area contributed by atoms with E-state index in [9.17, 15) is 5.11 Å². The molecular weight excluding hydrogens is 230 g/mol. The SMILES string of the molecule is CCC(NC1CCCCCC1O)c1cccs1. The predicted octanol–water partition coefficient (Wildman–Crippen LogP) is 3.48. The molecule has 3 heteroatoms. The van der Waals surface area contributed by atoms with Gasteiger partial charge in [-0.2, -0.15) is 0 Å². The Balaban J connectivity index is 1.97. The molecule has 2 N–H and O–H groups in total. The van der Waals surface area contributed by atoms with Crippen LogP contribution in [0.4, 0.5) is 0 Å². The Bertz CT molecular complexity index is 312. The second-order valence-electron chi connectivity index (χ2n) is 4.95. The first-order valence-electron chi connectivity index (χ1n) is 6.78. The standard InChI is InChI=1S/C14H23NOS/c1-2-11(14-9-6-10-17-14)15-12-7-4-3-5-8-13(12)16/h6,9-13,15-16H,2-5,7-8H2,1H3. The van der Waals surface area contributed by atoms with Crippen molar-refractivity contribution in [3.8, 4) is 0 Å². The lowest BCUT2D eigenvalue weighted by molar-refractivity contribution is 0.113. The monoisotopic (exact) mass is 253 g/mol. The average Bonchev–Trinajstić information content (AvgIpc) is 2.79. The van der Waals surface area contributed by atoms with Crippen molar-refractivity contribution in [2.45, 2.75) is 63.6 Å². The van der Waals surface area contributed by atoms with Gasteiger partial charge in [0.05, 0.1) is 6.10 Å². The van der Waals surface area contributed by atoms with Crippen LogP contribution in [0.2, 0.25) is 0 Å². The number of rotatable bonds is 4. The topological polar surface area (TPSA) is 32.3 Å². The van der Waals surface area contributed by atoms with Crippen LogP contribution in [0.3, 0.4) is 0 Å². The van der Waals surface area contributed by atoms with Gasteiger partial charge in [-0.1, -0.05) is 32.3 Å². The molecule has 0 amide bonds. The van der Waals surface area contributed by atoms with Gasteiger partial charge in [-0.15, -0.1) is 11.3 Å². The molecule has 0 aliphatic heterocycles. The fourth-order valence-corrected chi connectivity index (χ4v) is 3.50. The summed E-state index contributed by atoms with van der Waals surface area (Å²) >= 11 is 1.81. The Hall–Kier alpha value is -0.380. The molecule has 1 aliphatic carbocycles. The minimum atomic E-state index is -0.161. The normalized spacial score (nSPS) is 27.6. The predicted molar refractivity (Wildman–Crippen MR) is 73.4 cm³/mol. The number of nitrogens with one attached hydrogen (secondary N) is 1. The molecule has 1 aromatic heterocycles. The molecule has 0 spiro atoms. The molecule has 0 bridgehead atoms. The summed E-state index contributed by atoms with van der Waals surface area (Å²) in [5, 5.41) is 15.9. The van der Waals surface area contributed by atoms with E-state index in [0.29, 0.717) is 6.04 Å². The Labute approximate surface area is 108 Å². The fraction of sp³-hybridized carbons (Fsp3) is 0.714. The molecular formula is C14H23NOS. The van der Waals surface area contributed by atoms with Gasteiger partial charge in [0, 0.05) is 17.0 Å². The molecule has 0 radical (unpaired) electrons. The second kappa shape index (κ2) is 6.53. The molecule has 1 aromatic rings. The van der Waals surface area contributed by atoms with Gasteiger partial charge in [-0.05, 0) is 30.7 Å². The summed E-state index contributed by atoms with van der Waals surface area (Å²) in [4.78, 5) is 1.39. The largest absolute Gasteiger partial charge is 0.392 e. The van der Waals surface area contributed by atoms with E-state index >= 15 is 0 Å². The highest BCUT2D eigenvalue weighted by atomic mass is 32.1. The molecule has 1 fully saturated rings. The average molecular weight is 253 g/mol. The minimum absolute atomic E-state index is 0.161. The molecule has 2 nitrogen and oxygen atoms in total. The Morgan fingerprint density at radius 2 is 2.24 bits per heavy atom. The summed E-state index contributed by atoms with van der Waals surface area (Å²) in [6, 6.07) is 4.99. The minimum Gasteiger partial charge on any atom is -0.392 e. The number of aliphatic hydroxyl groups excluding tert-OH is 1. The van der Waals surface area contributed by atoms with Crippen LogP contribution in [0.1, 0.15) is 56.4 Å². The first kappa shape index (κ1) is 13.1. The second-order valence-corrected chi connectivity index (χ2v) is 5.93. The van der Waals surface area contributed by atoms with E-state index in [2.05, 4.69) is 29.8 Å². The van der Waals surface area contributed by atoms with Crippen LogP contribution in [0.15, 0.2) is 17.5 Å². The molecule has 17 heavy (non-hydrogen) atoms. The van der Waals surface area contributed by atoms with E-state index in [0.717, 1.165) is 19.3 Å². The van der Waals surface area contributed by atoms with Crippen molar-refractivity contribution in [2.75, 3.05) is 0 Å². The third-order valence-electron chi connectivity index (χ3n) is 3.69. The van der Waals surface area contributed by atoms with Gasteiger partial charge in [0.25, 0.3) is 0 Å². The molecule has 96 valence electrons. The van der Waals surface area contributed by atoms with Crippen LogP contribution < -0.4 is 5.32 Å². The lowest BCUT2D eigenvalue weighted by Gasteiger charge is -2.27. The molecule has 0 aromatic carbocycles. The van der Waals surface area contributed by atoms with Gasteiger partial charge in [0.2, 0.25) is 0 Å². The van der Waals surface area contributed by atoms with Crippen molar-refractivity contribution in [3.05, 3.63) is 22.4 Å². The summed E-state index contributed by atoms with van der Waals surface area (Å²) in [6.07, 6.45) is 6.69. The summed E-state index contributed by atoms with van der Waals surface area (Å²) in [5.41, 5.74) is 0. The van der Waals surface area contributed by atoms with Gasteiger partial charge in [-0.25, -0.2) is 0 Å². The Morgan fingerprint density at radius 1 is 1.41 bits per heavy atom. The zero-order valence-electron chi connectivity index (χ0n) is 10.6.